The Balaban J connectivity index is 1.80. The molecule has 2 amide bonds. The molecule has 0 saturated heterocycles. The lowest BCUT2D eigenvalue weighted by Gasteiger charge is -2.16. The highest BCUT2D eigenvalue weighted by Crippen LogP contribution is 2.28. The van der Waals surface area contributed by atoms with Gasteiger partial charge in [0.2, 0.25) is 5.91 Å². The van der Waals surface area contributed by atoms with Gasteiger partial charge in [-0.05, 0) is 24.6 Å². The third-order valence-electron chi connectivity index (χ3n) is 3.89. The van der Waals surface area contributed by atoms with Crippen molar-refractivity contribution in [3.8, 4) is 0 Å². The minimum Gasteiger partial charge on any atom is -0.324 e. The zero-order valence-corrected chi connectivity index (χ0v) is 13.2. The molecule has 0 unspecified atom stereocenters. The number of nitrogens with one attached hydrogen (secondary N) is 1. The van der Waals surface area contributed by atoms with Crippen LogP contribution in [-0.4, -0.2) is 29.1 Å². The van der Waals surface area contributed by atoms with Gasteiger partial charge < -0.3 is 5.32 Å². The summed E-state index contributed by atoms with van der Waals surface area (Å²) in [5.74, 6) is -1.98. The van der Waals surface area contributed by atoms with Crippen molar-refractivity contribution in [2.75, 3.05) is 16.8 Å². The van der Waals surface area contributed by atoms with Crippen molar-refractivity contribution in [2.45, 2.75) is 6.92 Å². The largest absolute Gasteiger partial charge is 0.324 e. The van der Waals surface area contributed by atoms with Gasteiger partial charge in [-0.15, -0.1) is 0 Å². The highest BCUT2D eigenvalue weighted by molar-refractivity contribution is 6.52. The fraction of sp³-hybridized carbons (Fsp3) is 0.118. The first-order valence-electron chi connectivity index (χ1n) is 7.38. The maximum absolute atomic E-state index is 12.3. The normalized spacial score (nSPS) is 12.9. The monoisotopic (exact) mass is 339 g/mol. The fourth-order valence-corrected chi connectivity index (χ4v) is 2.60. The number of Topliss-reactive ketones (excluding diaryl/α,β-unsaturated/α-hetero) is 1. The smallest absolute Gasteiger partial charge is 0.299 e. The molecule has 1 N–H and O–H groups in total. The molecule has 1 aliphatic rings. The summed E-state index contributed by atoms with van der Waals surface area (Å²) >= 11 is 0. The van der Waals surface area contributed by atoms with E-state index < -0.39 is 22.5 Å². The Morgan fingerprint density at radius 2 is 1.92 bits per heavy atom. The molecule has 0 radical (unpaired) electrons. The minimum absolute atomic E-state index is 0.154. The van der Waals surface area contributed by atoms with Crippen molar-refractivity contribution in [3.05, 3.63) is 63.7 Å². The van der Waals surface area contributed by atoms with E-state index in [1.54, 1.807) is 25.1 Å². The van der Waals surface area contributed by atoms with Gasteiger partial charge in [-0.1, -0.05) is 18.2 Å². The second-order valence-electron chi connectivity index (χ2n) is 5.54. The third-order valence-corrected chi connectivity index (χ3v) is 3.89. The van der Waals surface area contributed by atoms with Gasteiger partial charge in [0.1, 0.15) is 6.54 Å². The van der Waals surface area contributed by atoms with Crippen LogP contribution in [0.3, 0.4) is 0 Å². The van der Waals surface area contributed by atoms with Gasteiger partial charge in [-0.2, -0.15) is 0 Å². The first-order chi connectivity index (χ1) is 11.9. The van der Waals surface area contributed by atoms with E-state index in [1.807, 2.05) is 0 Å². The number of non-ortho nitro benzene ring substituents is 1. The molecule has 3 rings (SSSR count). The predicted octanol–water partition coefficient (Wildman–Crippen LogP) is 2.07. The van der Waals surface area contributed by atoms with Gasteiger partial charge in [0.15, 0.2) is 0 Å². The molecule has 0 aliphatic carbocycles. The number of para-hydroxylation sites is 1. The second-order valence-corrected chi connectivity index (χ2v) is 5.54. The third kappa shape index (κ3) is 2.97. The van der Waals surface area contributed by atoms with Crippen molar-refractivity contribution in [1.29, 1.82) is 0 Å². The van der Waals surface area contributed by atoms with Crippen molar-refractivity contribution in [3.63, 3.8) is 0 Å². The lowest BCUT2D eigenvalue weighted by Crippen LogP contribution is -2.37. The van der Waals surface area contributed by atoms with Crippen LogP contribution in [-0.2, 0) is 9.59 Å². The van der Waals surface area contributed by atoms with Crippen LogP contribution in [0.4, 0.5) is 17.1 Å². The predicted molar refractivity (Wildman–Crippen MR) is 89.6 cm³/mol. The van der Waals surface area contributed by atoms with Crippen LogP contribution in [0.2, 0.25) is 0 Å². The van der Waals surface area contributed by atoms with Gasteiger partial charge in [0, 0.05) is 12.1 Å². The summed E-state index contributed by atoms with van der Waals surface area (Å²) in [6, 6.07) is 10.5. The number of fused-ring (bicyclic) bond motifs is 1. The molecule has 0 spiro atoms. The highest BCUT2D eigenvalue weighted by Gasteiger charge is 2.36. The maximum Gasteiger partial charge on any atom is 0.299 e. The lowest BCUT2D eigenvalue weighted by atomic mass is 10.1. The number of nitro benzene ring substituents is 1. The first kappa shape index (κ1) is 16.3. The number of nitrogens with zero attached hydrogens (tertiary/aromatic N) is 2. The summed E-state index contributed by atoms with van der Waals surface area (Å²) in [5.41, 5.74) is 1.41. The van der Waals surface area contributed by atoms with E-state index >= 15 is 0 Å². The molecule has 25 heavy (non-hydrogen) atoms. The molecule has 126 valence electrons. The Kier molecular flexibility index (Phi) is 4.02. The fourth-order valence-electron chi connectivity index (χ4n) is 2.60. The van der Waals surface area contributed by atoms with Crippen LogP contribution < -0.4 is 10.2 Å². The molecule has 0 aromatic heterocycles. The zero-order valence-electron chi connectivity index (χ0n) is 13.2. The molecule has 0 saturated carbocycles. The SMILES string of the molecule is Cc1ccc([N+](=O)[O-])cc1NC(=O)CN1C(=O)C(=O)c2ccccc21. The molecule has 2 aromatic carbocycles. The number of aryl methyl sites for hydroxylation is 1. The van der Waals surface area contributed by atoms with E-state index in [0.29, 0.717) is 11.3 Å². The minimum atomic E-state index is -0.771. The molecule has 1 heterocycles. The summed E-state index contributed by atoms with van der Waals surface area (Å²) in [7, 11) is 0. The number of hydrogen-bond donors (Lipinski definition) is 1. The standard InChI is InChI=1S/C17H13N3O5/c1-10-6-7-11(20(24)25)8-13(10)18-15(21)9-19-14-5-3-2-4-12(14)16(22)17(19)23/h2-8H,9H2,1H3,(H,18,21). The quantitative estimate of drug-likeness (QED) is 0.521. The Labute approximate surface area is 142 Å². The van der Waals surface area contributed by atoms with Gasteiger partial charge >= 0.3 is 0 Å². The van der Waals surface area contributed by atoms with Crippen LogP contribution in [0.25, 0.3) is 0 Å². The summed E-state index contributed by atoms with van der Waals surface area (Å²) in [6.07, 6.45) is 0. The van der Waals surface area contributed by atoms with Crippen LogP contribution >= 0.6 is 0 Å². The number of nitro groups is 1. The van der Waals surface area contributed by atoms with E-state index in [2.05, 4.69) is 5.32 Å². The number of amides is 2. The van der Waals surface area contributed by atoms with Crippen molar-refractivity contribution in [1.82, 2.24) is 0 Å². The molecular weight excluding hydrogens is 326 g/mol. The van der Waals surface area contributed by atoms with Crippen molar-refractivity contribution in [2.24, 2.45) is 0 Å². The first-order valence-corrected chi connectivity index (χ1v) is 7.38. The second kappa shape index (κ2) is 6.16. The molecule has 1 aliphatic heterocycles. The molecule has 0 atom stereocenters. The van der Waals surface area contributed by atoms with E-state index in [-0.39, 0.29) is 23.5 Å². The van der Waals surface area contributed by atoms with Crippen molar-refractivity contribution < 1.29 is 19.3 Å². The summed E-state index contributed by atoms with van der Waals surface area (Å²) in [6.45, 7) is 1.34. The number of benzene rings is 2. The molecule has 8 heteroatoms. The summed E-state index contributed by atoms with van der Waals surface area (Å²) < 4.78 is 0. The number of hydrogen-bond acceptors (Lipinski definition) is 5. The number of rotatable bonds is 4. The van der Waals surface area contributed by atoms with E-state index in [0.717, 1.165) is 4.90 Å². The van der Waals surface area contributed by atoms with Gasteiger partial charge in [-0.3, -0.25) is 29.4 Å². The van der Waals surface area contributed by atoms with Crippen LogP contribution in [0.5, 0.6) is 0 Å². The summed E-state index contributed by atoms with van der Waals surface area (Å²) in [4.78, 5) is 47.7. The summed E-state index contributed by atoms with van der Waals surface area (Å²) in [5, 5.41) is 13.4. The van der Waals surface area contributed by atoms with Crippen LogP contribution in [0.15, 0.2) is 42.5 Å². The number of anilines is 2. The van der Waals surface area contributed by atoms with Crippen LogP contribution in [0, 0.1) is 17.0 Å². The van der Waals surface area contributed by atoms with Gasteiger partial charge in [-0.25, -0.2) is 0 Å². The molecule has 0 bridgehead atoms. The molecule has 2 aromatic rings. The lowest BCUT2D eigenvalue weighted by molar-refractivity contribution is -0.384. The van der Waals surface area contributed by atoms with Gasteiger partial charge in [0.25, 0.3) is 17.4 Å². The topological polar surface area (TPSA) is 110 Å². The van der Waals surface area contributed by atoms with Crippen molar-refractivity contribution >= 4 is 34.7 Å². The molecular formula is C17H13N3O5. The maximum atomic E-state index is 12.3. The number of ketones is 1. The molecule has 8 nitrogen and oxygen atoms in total. The van der Waals surface area contributed by atoms with E-state index in [1.165, 1.54) is 24.3 Å². The average Bonchev–Trinajstić information content (AvgIpc) is 2.82. The molecule has 0 fully saturated rings. The Bertz CT molecular complexity index is 922. The Morgan fingerprint density at radius 1 is 1.20 bits per heavy atom. The van der Waals surface area contributed by atoms with E-state index in [4.69, 9.17) is 0 Å². The number of carbonyl (C=O) groups is 3. The van der Waals surface area contributed by atoms with Gasteiger partial charge in [0.05, 0.1) is 21.9 Å². The van der Waals surface area contributed by atoms with Crippen LogP contribution in [0.1, 0.15) is 15.9 Å². The Morgan fingerprint density at radius 3 is 2.64 bits per heavy atom. The highest BCUT2D eigenvalue weighted by atomic mass is 16.6. The van der Waals surface area contributed by atoms with E-state index in [9.17, 15) is 24.5 Å². The number of carbonyl (C=O) groups excluding carboxylic acids is 3. The Hall–Kier alpha value is -3.55. The average molecular weight is 339 g/mol. The zero-order chi connectivity index (χ0) is 18.1.